The second-order valence-corrected chi connectivity index (χ2v) is 4.62. The van der Waals surface area contributed by atoms with E-state index in [4.69, 9.17) is 10.3 Å². The molecule has 2 unspecified atom stereocenters. The van der Waals surface area contributed by atoms with Crippen molar-refractivity contribution in [3.63, 3.8) is 0 Å². The number of halogens is 1. The Hall–Kier alpha value is -1.07. The van der Waals surface area contributed by atoms with Crippen LogP contribution < -0.4 is 11.1 Å². The van der Waals surface area contributed by atoms with E-state index in [0.29, 0.717) is 13.0 Å². The molecule has 0 saturated heterocycles. The fourth-order valence-corrected chi connectivity index (χ4v) is 1.93. The highest BCUT2D eigenvalue weighted by molar-refractivity contribution is 5.85. The van der Waals surface area contributed by atoms with Crippen LogP contribution in [-0.2, 0) is 4.79 Å². The van der Waals surface area contributed by atoms with Crippen molar-refractivity contribution in [3.05, 3.63) is 17.0 Å². The molecule has 0 fully saturated rings. The zero-order valence-electron chi connectivity index (χ0n) is 11.3. The molecular formula is C12H22ClN3O2. The lowest BCUT2D eigenvalue weighted by atomic mass is 9.99. The fraction of sp³-hybridized carbons (Fsp3) is 0.667. The van der Waals surface area contributed by atoms with Gasteiger partial charge in [0, 0.05) is 30.5 Å². The summed E-state index contributed by atoms with van der Waals surface area (Å²) in [6.45, 7) is 8.23. The minimum absolute atomic E-state index is 0. The van der Waals surface area contributed by atoms with E-state index >= 15 is 0 Å². The summed E-state index contributed by atoms with van der Waals surface area (Å²) < 4.78 is 5.11. The SMILES string of the molecule is Cc1noc(C)c1C(C)CNC(=O)CC(C)N.Cl. The normalized spacial score (nSPS) is 13.6. The van der Waals surface area contributed by atoms with Crippen LogP contribution in [0.3, 0.4) is 0 Å². The Morgan fingerprint density at radius 3 is 2.50 bits per heavy atom. The van der Waals surface area contributed by atoms with E-state index in [9.17, 15) is 4.79 Å². The van der Waals surface area contributed by atoms with Crippen LogP contribution in [0.5, 0.6) is 0 Å². The van der Waals surface area contributed by atoms with Crippen LogP contribution in [0.15, 0.2) is 4.52 Å². The van der Waals surface area contributed by atoms with Crippen molar-refractivity contribution in [2.75, 3.05) is 6.54 Å². The summed E-state index contributed by atoms with van der Waals surface area (Å²) in [5.74, 6) is 0.994. The third-order valence-corrected chi connectivity index (χ3v) is 2.69. The predicted octanol–water partition coefficient (Wildman–Crippen LogP) is 1.67. The monoisotopic (exact) mass is 275 g/mol. The van der Waals surface area contributed by atoms with Crippen molar-refractivity contribution in [1.82, 2.24) is 10.5 Å². The molecule has 1 amide bonds. The highest BCUT2D eigenvalue weighted by Crippen LogP contribution is 2.22. The molecule has 6 heteroatoms. The lowest BCUT2D eigenvalue weighted by molar-refractivity contribution is -0.121. The van der Waals surface area contributed by atoms with Crippen LogP contribution in [0.1, 0.15) is 43.2 Å². The quantitative estimate of drug-likeness (QED) is 0.856. The maximum atomic E-state index is 11.5. The van der Waals surface area contributed by atoms with E-state index in [1.54, 1.807) is 0 Å². The summed E-state index contributed by atoms with van der Waals surface area (Å²) in [6.07, 6.45) is 0.355. The molecule has 0 aliphatic rings. The number of carbonyl (C=O) groups is 1. The first-order valence-electron chi connectivity index (χ1n) is 5.86. The summed E-state index contributed by atoms with van der Waals surface area (Å²) in [6, 6.07) is -0.107. The Morgan fingerprint density at radius 2 is 2.06 bits per heavy atom. The first-order valence-corrected chi connectivity index (χ1v) is 5.86. The molecular weight excluding hydrogens is 254 g/mol. The third kappa shape index (κ3) is 4.66. The maximum Gasteiger partial charge on any atom is 0.221 e. The molecule has 1 aromatic rings. The van der Waals surface area contributed by atoms with Crippen LogP contribution in [0.2, 0.25) is 0 Å². The predicted molar refractivity (Wildman–Crippen MR) is 72.9 cm³/mol. The Kier molecular flexibility index (Phi) is 6.94. The van der Waals surface area contributed by atoms with Crippen LogP contribution in [0, 0.1) is 13.8 Å². The van der Waals surface area contributed by atoms with Crippen LogP contribution in [0.25, 0.3) is 0 Å². The fourth-order valence-electron chi connectivity index (χ4n) is 1.93. The molecule has 1 aromatic heterocycles. The molecule has 1 heterocycles. The standard InChI is InChI=1S/C12H21N3O2.ClH/c1-7(6-14-11(16)5-8(2)13)12-9(3)15-17-10(12)4;/h7-8H,5-6,13H2,1-4H3,(H,14,16);1H. The number of hydrogen-bond acceptors (Lipinski definition) is 4. The smallest absolute Gasteiger partial charge is 0.221 e. The number of nitrogens with one attached hydrogen (secondary N) is 1. The first kappa shape index (κ1) is 16.9. The minimum Gasteiger partial charge on any atom is -0.361 e. The molecule has 104 valence electrons. The average Bonchev–Trinajstić information content (AvgIpc) is 2.54. The highest BCUT2D eigenvalue weighted by Gasteiger charge is 2.17. The number of aryl methyl sites for hydroxylation is 2. The van der Waals surface area contributed by atoms with Gasteiger partial charge in [-0.3, -0.25) is 4.79 Å². The number of carbonyl (C=O) groups excluding carboxylic acids is 1. The van der Waals surface area contributed by atoms with Gasteiger partial charge in [-0.15, -0.1) is 12.4 Å². The maximum absolute atomic E-state index is 11.5. The minimum atomic E-state index is -0.107. The number of nitrogens with two attached hydrogens (primary N) is 1. The Labute approximate surface area is 114 Å². The van der Waals surface area contributed by atoms with Gasteiger partial charge < -0.3 is 15.6 Å². The zero-order chi connectivity index (χ0) is 13.0. The van der Waals surface area contributed by atoms with Crippen LogP contribution in [-0.4, -0.2) is 23.7 Å². The zero-order valence-corrected chi connectivity index (χ0v) is 12.1. The second-order valence-electron chi connectivity index (χ2n) is 4.62. The molecule has 2 atom stereocenters. The molecule has 18 heavy (non-hydrogen) atoms. The van der Waals surface area contributed by atoms with Crippen molar-refractivity contribution in [1.29, 1.82) is 0 Å². The van der Waals surface area contributed by atoms with E-state index in [0.717, 1.165) is 17.0 Å². The van der Waals surface area contributed by atoms with Gasteiger partial charge in [-0.25, -0.2) is 0 Å². The van der Waals surface area contributed by atoms with Gasteiger partial charge in [0.15, 0.2) is 0 Å². The van der Waals surface area contributed by atoms with Crippen molar-refractivity contribution in [2.24, 2.45) is 5.73 Å². The van der Waals surface area contributed by atoms with Crippen LogP contribution in [0.4, 0.5) is 0 Å². The highest BCUT2D eigenvalue weighted by atomic mass is 35.5. The molecule has 0 aliphatic heterocycles. The van der Waals surface area contributed by atoms with Crippen molar-refractivity contribution in [3.8, 4) is 0 Å². The first-order chi connectivity index (χ1) is 7.91. The van der Waals surface area contributed by atoms with Crippen LogP contribution >= 0.6 is 12.4 Å². The van der Waals surface area contributed by atoms with Gasteiger partial charge in [-0.2, -0.15) is 0 Å². The van der Waals surface area contributed by atoms with E-state index in [2.05, 4.69) is 10.5 Å². The number of aromatic nitrogens is 1. The molecule has 0 saturated carbocycles. The average molecular weight is 276 g/mol. The van der Waals surface area contributed by atoms with Gasteiger partial charge in [-0.1, -0.05) is 12.1 Å². The Morgan fingerprint density at radius 1 is 1.44 bits per heavy atom. The second kappa shape index (κ2) is 7.38. The van der Waals surface area contributed by atoms with Gasteiger partial charge in [0.1, 0.15) is 5.76 Å². The van der Waals surface area contributed by atoms with Gasteiger partial charge in [-0.05, 0) is 20.8 Å². The molecule has 3 N–H and O–H groups in total. The molecule has 0 bridgehead atoms. The van der Waals surface area contributed by atoms with E-state index in [-0.39, 0.29) is 30.3 Å². The Bertz CT molecular complexity index is 371. The van der Waals surface area contributed by atoms with Crippen molar-refractivity contribution >= 4 is 18.3 Å². The van der Waals surface area contributed by atoms with E-state index in [1.807, 2.05) is 27.7 Å². The van der Waals surface area contributed by atoms with Gasteiger partial charge in [0.2, 0.25) is 5.91 Å². The molecule has 1 rings (SSSR count). The summed E-state index contributed by atoms with van der Waals surface area (Å²) in [5, 5.41) is 6.77. The van der Waals surface area contributed by atoms with Crippen molar-refractivity contribution in [2.45, 2.75) is 46.1 Å². The lowest BCUT2D eigenvalue weighted by Gasteiger charge is -2.13. The van der Waals surface area contributed by atoms with Gasteiger partial charge in [0.25, 0.3) is 0 Å². The molecule has 0 aliphatic carbocycles. The van der Waals surface area contributed by atoms with E-state index < -0.39 is 0 Å². The summed E-state index contributed by atoms with van der Waals surface area (Å²) >= 11 is 0. The number of nitrogens with zero attached hydrogens (tertiary/aromatic N) is 1. The third-order valence-electron chi connectivity index (χ3n) is 2.69. The Balaban J connectivity index is 0.00000289. The number of rotatable bonds is 5. The largest absolute Gasteiger partial charge is 0.361 e. The van der Waals surface area contributed by atoms with E-state index in [1.165, 1.54) is 0 Å². The number of amides is 1. The molecule has 0 radical (unpaired) electrons. The van der Waals surface area contributed by atoms with Gasteiger partial charge in [0.05, 0.1) is 5.69 Å². The lowest BCUT2D eigenvalue weighted by Crippen LogP contribution is -2.32. The number of hydrogen-bond donors (Lipinski definition) is 2. The molecule has 0 aromatic carbocycles. The van der Waals surface area contributed by atoms with Crippen molar-refractivity contribution < 1.29 is 9.32 Å². The summed E-state index contributed by atoms with van der Waals surface area (Å²) in [7, 11) is 0. The summed E-state index contributed by atoms with van der Waals surface area (Å²) in [5.41, 5.74) is 7.52. The van der Waals surface area contributed by atoms with Gasteiger partial charge >= 0.3 is 0 Å². The molecule has 5 nitrogen and oxygen atoms in total. The molecule has 0 spiro atoms. The topological polar surface area (TPSA) is 81.2 Å². The summed E-state index contributed by atoms with van der Waals surface area (Å²) in [4.78, 5) is 11.5.